The average Bonchev–Trinajstić information content (AvgIpc) is 2.14. The molecule has 0 fully saturated rings. The van der Waals surface area contributed by atoms with Crippen LogP contribution in [-0.4, -0.2) is 28.6 Å². The Morgan fingerprint density at radius 3 is 2.71 bits per heavy atom. The molecule has 0 radical (unpaired) electrons. The van der Waals surface area contributed by atoms with Crippen molar-refractivity contribution in [2.24, 2.45) is 0 Å². The minimum Gasteiger partial charge on any atom is -0.339 e. The van der Waals surface area contributed by atoms with Gasteiger partial charge in [0.25, 0.3) is 5.56 Å². The maximum absolute atomic E-state index is 11.3. The molecule has 1 aromatic rings. The summed E-state index contributed by atoms with van der Waals surface area (Å²) < 4.78 is 0. The van der Waals surface area contributed by atoms with E-state index in [4.69, 9.17) is 0 Å². The number of aryl methyl sites for hydroxylation is 1. The van der Waals surface area contributed by atoms with E-state index in [1.54, 1.807) is 6.92 Å². The first-order valence-corrected chi connectivity index (χ1v) is 4.84. The van der Waals surface area contributed by atoms with Gasteiger partial charge in [-0.15, -0.1) is 0 Å². The fourth-order valence-electron chi connectivity index (χ4n) is 1.04. The Hall–Kier alpha value is -2.38. The molecule has 0 saturated carbocycles. The lowest BCUT2D eigenvalue weighted by molar-refractivity contribution is -0.118. The summed E-state index contributed by atoms with van der Waals surface area (Å²) in [6, 6.07) is 0.730. The third kappa shape index (κ3) is 4.78. The first-order valence-electron chi connectivity index (χ1n) is 4.84. The van der Waals surface area contributed by atoms with Crippen LogP contribution in [-0.2, 0) is 4.79 Å². The summed E-state index contributed by atoms with van der Waals surface area (Å²) in [4.78, 5) is 39.1. The summed E-state index contributed by atoms with van der Waals surface area (Å²) in [6.07, 6.45) is 0. The van der Waals surface area contributed by atoms with Gasteiger partial charge in [-0.1, -0.05) is 0 Å². The molecule has 8 nitrogen and oxygen atoms in total. The van der Waals surface area contributed by atoms with Crippen LogP contribution in [0.1, 0.15) is 12.6 Å². The van der Waals surface area contributed by atoms with E-state index in [-0.39, 0.29) is 18.5 Å². The molecule has 1 rings (SSSR count). The van der Waals surface area contributed by atoms with Crippen LogP contribution in [0.15, 0.2) is 10.9 Å². The molecule has 0 saturated heterocycles. The van der Waals surface area contributed by atoms with Crippen LogP contribution in [0, 0.1) is 6.92 Å². The van der Waals surface area contributed by atoms with E-state index in [1.807, 2.05) is 0 Å². The number of carbonyl (C=O) groups is 2. The number of nitrogens with zero attached hydrogens (tertiary/aromatic N) is 1. The third-order valence-electron chi connectivity index (χ3n) is 1.70. The molecule has 3 amide bonds. The van der Waals surface area contributed by atoms with E-state index < -0.39 is 11.6 Å². The second-order valence-corrected chi connectivity index (χ2v) is 3.29. The highest BCUT2D eigenvalue weighted by molar-refractivity contribution is 5.87. The predicted molar refractivity (Wildman–Crippen MR) is 60.4 cm³/mol. The number of rotatable bonds is 3. The largest absolute Gasteiger partial charge is 0.339 e. The monoisotopic (exact) mass is 239 g/mol. The number of hydrogen-bond acceptors (Lipinski definition) is 4. The zero-order valence-electron chi connectivity index (χ0n) is 9.46. The summed E-state index contributed by atoms with van der Waals surface area (Å²) >= 11 is 0. The van der Waals surface area contributed by atoms with Gasteiger partial charge in [-0.3, -0.25) is 14.9 Å². The number of amides is 3. The smallest absolute Gasteiger partial charge is 0.322 e. The van der Waals surface area contributed by atoms with Crippen molar-refractivity contribution in [1.29, 1.82) is 0 Å². The van der Waals surface area contributed by atoms with Crippen molar-refractivity contribution in [2.75, 3.05) is 12.0 Å². The fraction of sp³-hybridized carbons (Fsp3) is 0.333. The molecular weight excluding hydrogens is 226 g/mol. The number of hydrogen-bond donors (Lipinski definition) is 4. The normalized spacial score (nSPS) is 9.53. The van der Waals surface area contributed by atoms with Gasteiger partial charge in [-0.05, 0) is 6.92 Å². The lowest BCUT2D eigenvalue weighted by atomic mass is 10.4. The van der Waals surface area contributed by atoms with Crippen LogP contribution in [0.4, 0.5) is 10.7 Å². The van der Waals surface area contributed by atoms with Crippen LogP contribution in [0.2, 0.25) is 0 Å². The van der Waals surface area contributed by atoms with Crippen LogP contribution < -0.4 is 21.5 Å². The fourth-order valence-corrected chi connectivity index (χ4v) is 1.04. The summed E-state index contributed by atoms with van der Waals surface area (Å²) in [5.41, 5.74) is 0.139. The molecule has 4 N–H and O–H groups in total. The number of anilines is 1. The van der Waals surface area contributed by atoms with Gasteiger partial charge >= 0.3 is 6.03 Å². The van der Waals surface area contributed by atoms with E-state index in [9.17, 15) is 14.4 Å². The average molecular weight is 239 g/mol. The molecule has 0 aromatic carbocycles. The lowest BCUT2D eigenvalue weighted by Crippen LogP contribution is -2.39. The summed E-state index contributed by atoms with van der Waals surface area (Å²) in [6.45, 7) is 3.00. The Bertz CT molecular complexity index is 482. The molecule has 0 spiro atoms. The van der Waals surface area contributed by atoms with Gasteiger partial charge in [0.2, 0.25) is 11.9 Å². The van der Waals surface area contributed by atoms with Crippen molar-refractivity contribution in [3.05, 3.63) is 22.1 Å². The van der Waals surface area contributed by atoms with Crippen molar-refractivity contribution < 1.29 is 9.59 Å². The van der Waals surface area contributed by atoms with Crippen LogP contribution >= 0.6 is 0 Å². The quantitative estimate of drug-likeness (QED) is 0.521. The van der Waals surface area contributed by atoms with E-state index in [0.29, 0.717) is 5.69 Å². The number of carbonyl (C=O) groups excluding carboxylic acids is 2. The highest BCUT2D eigenvalue weighted by atomic mass is 16.2. The molecular formula is C9H13N5O3. The predicted octanol–water partition coefficient (Wildman–Crippen LogP) is -0.707. The zero-order valence-corrected chi connectivity index (χ0v) is 9.46. The molecule has 92 valence electrons. The molecule has 1 aromatic heterocycles. The van der Waals surface area contributed by atoms with Crippen LogP contribution in [0.25, 0.3) is 0 Å². The van der Waals surface area contributed by atoms with Crippen molar-refractivity contribution in [3.63, 3.8) is 0 Å². The second kappa shape index (κ2) is 5.64. The minimum atomic E-state index is -0.576. The maximum atomic E-state index is 11.3. The number of nitrogens with one attached hydrogen (secondary N) is 4. The van der Waals surface area contributed by atoms with Gasteiger partial charge in [-0.2, -0.15) is 4.98 Å². The Kier molecular flexibility index (Phi) is 4.21. The van der Waals surface area contributed by atoms with Crippen molar-refractivity contribution in [2.45, 2.75) is 13.8 Å². The topological polar surface area (TPSA) is 116 Å². The molecule has 8 heteroatoms. The maximum Gasteiger partial charge on any atom is 0.322 e. The van der Waals surface area contributed by atoms with Crippen molar-refractivity contribution >= 4 is 17.9 Å². The zero-order chi connectivity index (χ0) is 12.8. The first kappa shape index (κ1) is 12.7. The summed E-state index contributed by atoms with van der Waals surface area (Å²) in [5, 5.41) is 7.07. The highest BCUT2D eigenvalue weighted by Crippen LogP contribution is 1.94. The van der Waals surface area contributed by atoms with Crippen molar-refractivity contribution in [1.82, 2.24) is 20.6 Å². The van der Waals surface area contributed by atoms with Gasteiger partial charge in [-0.25, -0.2) is 4.79 Å². The van der Waals surface area contributed by atoms with E-state index in [2.05, 4.69) is 25.9 Å². The van der Waals surface area contributed by atoms with E-state index >= 15 is 0 Å². The van der Waals surface area contributed by atoms with Crippen LogP contribution in [0.3, 0.4) is 0 Å². The molecule has 0 aliphatic carbocycles. The van der Waals surface area contributed by atoms with E-state index in [0.717, 1.165) is 0 Å². The third-order valence-corrected chi connectivity index (χ3v) is 1.70. The number of urea groups is 1. The van der Waals surface area contributed by atoms with Gasteiger partial charge in [0.1, 0.15) is 0 Å². The molecule has 0 unspecified atom stereocenters. The van der Waals surface area contributed by atoms with Crippen molar-refractivity contribution in [3.8, 4) is 0 Å². The van der Waals surface area contributed by atoms with Gasteiger partial charge in [0.05, 0.1) is 6.67 Å². The van der Waals surface area contributed by atoms with Crippen LogP contribution in [0.5, 0.6) is 0 Å². The standard InChI is InChI=1S/C9H13N5O3/c1-5-3-7(16)13-8(12-5)14-9(17)11-4-10-6(2)15/h3H,4H2,1-2H3,(H,10,15)(H3,11,12,13,14,16,17). The number of H-pyrrole nitrogens is 1. The molecule has 1 heterocycles. The molecule has 17 heavy (non-hydrogen) atoms. The SMILES string of the molecule is CC(=O)NCNC(=O)Nc1nc(=O)cc(C)[nH]1. The van der Waals surface area contributed by atoms with Gasteiger partial charge < -0.3 is 15.6 Å². The Labute approximate surface area is 96.8 Å². The lowest BCUT2D eigenvalue weighted by Gasteiger charge is -2.07. The van der Waals surface area contributed by atoms with E-state index in [1.165, 1.54) is 13.0 Å². The number of aromatic amines is 1. The first-order chi connectivity index (χ1) is 7.97. The van der Waals surface area contributed by atoms with Gasteiger partial charge in [0.15, 0.2) is 0 Å². The Morgan fingerprint density at radius 1 is 1.41 bits per heavy atom. The van der Waals surface area contributed by atoms with Gasteiger partial charge in [0, 0.05) is 18.7 Å². The summed E-state index contributed by atoms with van der Waals surface area (Å²) in [5.74, 6) is -0.206. The molecule has 0 aliphatic rings. The Balaban J connectivity index is 2.50. The highest BCUT2D eigenvalue weighted by Gasteiger charge is 2.03. The molecule has 0 aliphatic heterocycles. The minimum absolute atomic E-state index is 0.00276. The Morgan fingerprint density at radius 2 is 2.12 bits per heavy atom. The second-order valence-electron chi connectivity index (χ2n) is 3.29. The molecule has 0 bridgehead atoms. The molecule has 0 atom stereocenters. The number of aromatic nitrogens is 2. The summed E-state index contributed by atoms with van der Waals surface area (Å²) in [7, 11) is 0.